The lowest BCUT2D eigenvalue weighted by Crippen LogP contribution is -2.40. The number of benzene rings is 2. The molecule has 1 aliphatic rings. The summed E-state index contributed by atoms with van der Waals surface area (Å²) in [5.74, 6) is -0.0551. The molecule has 0 bridgehead atoms. The van der Waals surface area contributed by atoms with Gasteiger partial charge in [-0.3, -0.25) is 14.5 Å². The summed E-state index contributed by atoms with van der Waals surface area (Å²) in [6.45, 7) is 5.32. The largest absolute Gasteiger partial charge is 0.354 e. The first-order valence-electron chi connectivity index (χ1n) is 10.7. The maximum absolute atomic E-state index is 12.9. The third-order valence-electron chi connectivity index (χ3n) is 5.89. The van der Waals surface area contributed by atoms with Crippen LogP contribution < -0.4 is 10.9 Å². The fourth-order valence-electron chi connectivity index (χ4n) is 4.29. The Morgan fingerprint density at radius 3 is 2.60 bits per heavy atom. The zero-order chi connectivity index (χ0) is 20.9. The Hall–Kier alpha value is -2.99. The molecule has 1 aromatic heterocycles. The molecule has 1 fully saturated rings. The molecule has 0 aliphatic carbocycles. The predicted molar refractivity (Wildman–Crippen MR) is 119 cm³/mol. The van der Waals surface area contributed by atoms with Crippen LogP contribution in [0.3, 0.4) is 0 Å². The van der Waals surface area contributed by atoms with E-state index < -0.39 is 0 Å². The first kappa shape index (κ1) is 20.3. The second kappa shape index (κ2) is 9.22. The Morgan fingerprint density at radius 1 is 1.10 bits per heavy atom. The van der Waals surface area contributed by atoms with Crippen LogP contribution in [0.2, 0.25) is 0 Å². The van der Waals surface area contributed by atoms with Crippen molar-refractivity contribution in [3.63, 3.8) is 0 Å². The molecular formula is C24H28N4O2. The van der Waals surface area contributed by atoms with Gasteiger partial charge in [0.1, 0.15) is 0 Å². The number of aromatic nitrogens is 2. The summed E-state index contributed by atoms with van der Waals surface area (Å²) < 4.78 is 1.47. The monoisotopic (exact) mass is 404 g/mol. The summed E-state index contributed by atoms with van der Waals surface area (Å²) in [6, 6.07) is 17.6. The van der Waals surface area contributed by atoms with Crippen molar-refractivity contribution in [1.82, 2.24) is 20.0 Å². The average molecular weight is 405 g/mol. The highest BCUT2D eigenvalue weighted by Gasteiger charge is 2.23. The lowest BCUT2D eigenvalue weighted by atomic mass is 10.1. The van der Waals surface area contributed by atoms with E-state index in [0.29, 0.717) is 30.2 Å². The molecule has 2 aromatic carbocycles. The minimum absolute atomic E-state index is 0.0551. The van der Waals surface area contributed by atoms with Crippen molar-refractivity contribution in [2.75, 3.05) is 19.6 Å². The molecule has 6 heteroatoms. The fourth-order valence-corrected chi connectivity index (χ4v) is 4.29. The van der Waals surface area contributed by atoms with Gasteiger partial charge < -0.3 is 5.32 Å². The van der Waals surface area contributed by atoms with Crippen LogP contribution in [0.15, 0.2) is 59.4 Å². The number of nitrogens with one attached hydrogen (secondary N) is 1. The van der Waals surface area contributed by atoms with E-state index in [1.54, 1.807) is 6.07 Å². The molecule has 1 saturated heterocycles. The summed E-state index contributed by atoms with van der Waals surface area (Å²) in [4.78, 5) is 28.1. The first-order chi connectivity index (χ1) is 14.7. The third-order valence-corrected chi connectivity index (χ3v) is 5.89. The first-order valence-corrected chi connectivity index (χ1v) is 10.7. The van der Waals surface area contributed by atoms with Gasteiger partial charge in [-0.2, -0.15) is 5.10 Å². The predicted octanol–water partition coefficient (Wildman–Crippen LogP) is 2.59. The number of nitrogens with zero attached hydrogens (tertiary/aromatic N) is 3. The van der Waals surface area contributed by atoms with Gasteiger partial charge in [0.2, 0.25) is 5.91 Å². The Morgan fingerprint density at radius 2 is 1.83 bits per heavy atom. The summed E-state index contributed by atoms with van der Waals surface area (Å²) in [6.07, 6.45) is 2.47. The second-order valence-electron chi connectivity index (χ2n) is 7.85. The Balaban J connectivity index is 1.56. The van der Waals surface area contributed by atoms with Gasteiger partial charge in [-0.25, -0.2) is 4.68 Å². The third kappa shape index (κ3) is 4.44. The quantitative estimate of drug-likeness (QED) is 0.657. The molecule has 2 heterocycles. The topological polar surface area (TPSA) is 67.2 Å². The number of amides is 1. The number of likely N-dealkylation sites (N-methyl/N-ethyl adjacent to an activating group) is 1. The highest BCUT2D eigenvalue weighted by molar-refractivity contribution is 5.88. The molecule has 0 saturated carbocycles. The lowest BCUT2D eigenvalue weighted by molar-refractivity contribution is -0.120. The molecule has 30 heavy (non-hydrogen) atoms. The fraction of sp³-hybridized carbons (Fsp3) is 0.375. The molecule has 0 radical (unpaired) electrons. The van der Waals surface area contributed by atoms with E-state index in [9.17, 15) is 9.59 Å². The zero-order valence-electron chi connectivity index (χ0n) is 17.4. The van der Waals surface area contributed by atoms with Gasteiger partial charge in [-0.1, -0.05) is 55.5 Å². The second-order valence-corrected chi connectivity index (χ2v) is 7.85. The number of rotatable bonds is 7. The van der Waals surface area contributed by atoms with E-state index in [-0.39, 0.29) is 17.9 Å². The van der Waals surface area contributed by atoms with Crippen molar-refractivity contribution in [2.24, 2.45) is 0 Å². The van der Waals surface area contributed by atoms with Crippen molar-refractivity contribution in [1.29, 1.82) is 0 Å². The van der Waals surface area contributed by atoms with Gasteiger partial charge in [0, 0.05) is 18.0 Å². The van der Waals surface area contributed by atoms with Gasteiger partial charge in [0.25, 0.3) is 5.56 Å². The van der Waals surface area contributed by atoms with Gasteiger partial charge in [-0.15, -0.1) is 0 Å². The number of hydrogen-bond donors (Lipinski definition) is 1. The van der Waals surface area contributed by atoms with E-state index in [1.807, 2.05) is 48.5 Å². The smallest absolute Gasteiger partial charge is 0.274 e. The Bertz CT molecular complexity index is 1080. The standard InChI is InChI=1S/C24H28N4O2/c1-2-27-14-8-11-19(27)16-25-23(29)15-22-20-12-6-7-13-21(20)24(30)28(26-22)17-18-9-4-3-5-10-18/h3-7,9-10,12-13,19H,2,8,11,14-17H2,1H3,(H,25,29)/t19-/m1/s1. The van der Waals surface area contributed by atoms with Crippen LogP contribution in [0, 0.1) is 0 Å². The van der Waals surface area contributed by atoms with E-state index in [0.717, 1.165) is 30.5 Å². The van der Waals surface area contributed by atoms with Crippen LogP contribution >= 0.6 is 0 Å². The van der Waals surface area contributed by atoms with Crippen LogP contribution in [0.25, 0.3) is 10.8 Å². The molecule has 6 nitrogen and oxygen atoms in total. The lowest BCUT2D eigenvalue weighted by Gasteiger charge is -2.22. The Kier molecular flexibility index (Phi) is 6.23. The van der Waals surface area contributed by atoms with Crippen LogP contribution in [-0.2, 0) is 17.8 Å². The van der Waals surface area contributed by atoms with Crippen molar-refractivity contribution in [3.8, 4) is 0 Å². The van der Waals surface area contributed by atoms with Gasteiger partial charge in [0.05, 0.1) is 24.0 Å². The molecule has 156 valence electrons. The number of carbonyl (C=O) groups excluding carboxylic acids is 1. The maximum Gasteiger partial charge on any atom is 0.274 e. The molecule has 1 amide bonds. The SMILES string of the molecule is CCN1CCC[C@@H]1CNC(=O)Cc1nn(Cc2ccccc2)c(=O)c2ccccc12. The molecule has 0 unspecified atom stereocenters. The molecule has 3 aromatic rings. The van der Waals surface area contributed by atoms with Crippen LogP contribution in [0.5, 0.6) is 0 Å². The summed E-state index contributed by atoms with van der Waals surface area (Å²) in [7, 11) is 0. The van der Waals surface area contributed by atoms with Crippen molar-refractivity contribution >= 4 is 16.7 Å². The molecule has 1 N–H and O–H groups in total. The molecule has 0 spiro atoms. The highest BCUT2D eigenvalue weighted by atomic mass is 16.1. The number of likely N-dealkylation sites (tertiary alicyclic amines) is 1. The van der Waals surface area contributed by atoms with Crippen LogP contribution in [0.4, 0.5) is 0 Å². The zero-order valence-corrected chi connectivity index (χ0v) is 17.4. The molecule has 1 aliphatic heterocycles. The van der Waals surface area contributed by atoms with E-state index in [2.05, 4.69) is 22.2 Å². The van der Waals surface area contributed by atoms with Gasteiger partial charge in [-0.05, 0) is 37.6 Å². The molecule has 4 rings (SSSR count). The summed E-state index contributed by atoms with van der Waals surface area (Å²) >= 11 is 0. The number of hydrogen-bond acceptors (Lipinski definition) is 4. The van der Waals surface area contributed by atoms with Crippen LogP contribution in [-0.4, -0.2) is 46.3 Å². The highest BCUT2D eigenvalue weighted by Crippen LogP contribution is 2.17. The maximum atomic E-state index is 12.9. The van der Waals surface area contributed by atoms with Gasteiger partial charge >= 0.3 is 0 Å². The van der Waals surface area contributed by atoms with Crippen molar-refractivity contribution < 1.29 is 4.79 Å². The van der Waals surface area contributed by atoms with E-state index in [1.165, 1.54) is 11.1 Å². The van der Waals surface area contributed by atoms with Crippen molar-refractivity contribution in [2.45, 2.75) is 38.8 Å². The van der Waals surface area contributed by atoms with Crippen molar-refractivity contribution in [3.05, 3.63) is 76.2 Å². The van der Waals surface area contributed by atoms with Crippen LogP contribution in [0.1, 0.15) is 31.0 Å². The molecular weight excluding hydrogens is 376 g/mol. The number of carbonyl (C=O) groups is 1. The van der Waals surface area contributed by atoms with E-state index in [4.69, 9.17) is 0 Å². The summed E-state index contributed by atoms with van der Waals surface area (Å²) in [5, 5.41) is 9.00. The molecule has 1 atom stereocenters. The summed E-state index contributed by atoms with van der Waals surface area (Å²) in [5.41, 5.74) is 1.50. The Labute approximate surface area is 176 Å². The number of fused-ring (bicyclic) bond motifs is 1. The normalized spacial score (nSPS) is 16.8. The minimum Gasteiger partial charge on any atom is -0.354 e. The minimum atomic E-state index is -0.136. The van der Waals surface area contributed by atoms with Gasteiger partial charge in [0.15, 0.2) is 0 Å². The van der Waals surface area contributed by atoms with E-state index >= 15 is 0 Å². The average Bonchev–Trinajstić information content (AvgIpc) is 3.24.